The summed E-state index contributed by atoms with van der Waals surface area (Å²) in [6.45, 7) is 0.540. The lowest BCUT2D eigenvalue weighted by Gasteiger charge is -2.03. The molecule has 0 aliphatic heterocycles. The number of hydrogen-bond donors (Lipinski definition) is 1. The molecule has 3 rings (SSSR count). The Hall–Kier alpha value is -1.98. The Balaban J connectivity index is 0.00000110. The zero-order valence-electron chi connectivity index (χ0n) is 11.2. The maximum Gasteiger partial charge on any atom is 0.257 e. The summed E-state index contributed by atoms with van der Waals surface area (Å²) >= 11 is 0. The summed E-state index contributed by atoms with van der Waals surface area (Å²) in [5.41, 5.74) is 8.62. The molecule has 0 aromatic carbocycles. The lowest BCUT2D eigenvalue weighted by Crippen LogP contribution is -2.03. The zero-order chi connectivity index (χ0) is 13.1. The molecule has 0 amide bonds. The summed E-state index contributed by atoms with van der Waals surface area (Å²) in [5, 5.41) is 4.30. The first-order chi connectivity index (χ1) is 9.34. The number of rotatable bonds is 4. The smallest absolute Gasteiger partial charge is 0.257 e. The molecule has 0 atom stereocenters. The monoisotopic (exact) mass is 326 g/mol. The van der Waals surface area contributed by atoms with E-state index in [4.69, 9.17) is 10.5 Å². The molecular weight excluding hydrogens is 311 g/mol. The largest absolute Gasteiger partial charge is 0.475 e. The first-order valence-corrected chi connectivity index (χ1v) is 6.09. The first kappa shape index (κ1) is 17.1. The minimum atomic E-state index is 0. The number of aromatic nitrogens is 3. The van der Waals surface area contributed by atoms with Crippen LogP contribution in [0.3, 0.4) is 0 Å². The standard InChI is InChI=1S/C14H14N4O.2ClH/c15-13-12-3-1-2-9-18(12)17-14(13)19-10-6-11-4-7-16-8-5-11;;/h1-5,7-9H,6,10,15H2;2*1H. The number of fused-ring (bicyclic) bond motifs is 1. The van der Waals surface area contributed by atoms with Crippen LogP contribution in [0, 0.1) is 0 Å². The molecular formula is C14H16Cl2N4O. The van der Waals surface area contributed by atoms with Gasteiger partial charge in [0.2, 0.25) is 0 Å². The van der Waals surface area contributed by atoms with Gasteiger partial charge >= 0.3 is 0 Å². The van der Waals surface area contributed by atoms with Crippen molar-refractivity contribution in [1.82, 2.24) is 14.6 Å². The summed E-state index contributed by atoms with van der Waals surface area (Å²) in [7, 11) is 0. The molecule has 3 aromatic heterocycles. The predicted octanol–water partition coefficient (Wildman–Crippen LogP) is 2.78. The third kappa shape index (κ3) is 3.77. The highest BCUT2D eigenvalue weighted by Crippen LogP contribution is 2.24. The van der Waals surface area contributed by atoms with E-state index in [1.54, 1.807) is 16.9 Å². The quantitative estimate of drug-likeness (QED) is 0.800. The molecule has 7 heteroatoms. The minimum Gasteiger partial charge on any atom is -0.475 e. The van der Waals surface area contributed by atoms with Crippen molar-refractivity contribution in [2.75, 3.05) is 12.3 Å². The molecule has 0 spiro atoms. The van der Waals surface area contributed by atoms with E-state index in [1.807, 2.05) is 36.5 Å². The van der Waals surface area contributed by atoms with Crippen molar-refractivity contribution in [2.24, 2.45) is 0 Å². The molecule has 0 saturated heterocycles. The van der Waals surface area contributed by atoms with Crippen molar-refractivity contribution in [2.45, 2.75) is 6.42 Å². The fourth-order valence-electron chi connectivity index (χ4n) is 1.92. The maximum atomic E-state index is 6.00. The lowest BCUT2D eigenvalue weighted by atomic mass is 10.2. The summed E-state index contributed by atoms with van der Waals surface area (Å²) in [6, 6.07) is 9.68. The summed E-state index contributed by atoms with van der Waals surface area (Å²) in [5.74, 6) is 0.486. The van der Waals surface area contributed by atoms with E-state index >= 15 is 0 Å². The van der Waals surface area contributed by atoms with Crippen LogP contribution in [-0.2, 0) is 6.42 Å². The molecule has 0 saturated carbocycles. The Morgan fingerprint density at radius 3 is 2.57 bits per heavy atom. The molecule has 0 aliphatic rings. The van der Waals surface area contributed by atoms with Gasteiger partial charge in [-0.25, -0.2) is 4.52 Å². The van der Waals surface area contributed by atoms with Gasteiger partial charge in [0.15, 0.2) is 0 Å². The minimum absolute atomic E-state index is 0. The molecule has 0 unspecified atom stereocenters. The van der Waals surface area contributed by atoms with E-state index in [-0.39, 0.29) is 24.8 Å². The number of nitrogens with zero attached hydrogens (tertiary/aromatic N) is 3. The lowest BCUT2D eigenvalue weighted by molar-refractivity contribution is 0.309. The van der Waals surface area contributed by atoms with Crippen molar-refractivity contribution in [3.8, 4) is 5.88 Å². The highest BCUT2D eigenvalue weighted by Gasteiger charge is 2.09. The SMILES string of the molecule is Cl.Cl.Nc1c(OCCc2ccncc2)nn2ccccc12. The summed E-state index contributed by atoms with van der Waals surface area (Å²) in [4.78, 5) is 3.98. The topological polar surface area (TPSA) is 65.4 Å². The molecule has 112 valence electrons. The number of halogens is 2. The van der Waals surface area contributed by atoms with E-state index in [0.717, 1.165) is 11.9 Å². The highest BCUT2D eigenvalue weighted by atomic mass is 35.5. The van der Waals surface area contributed by atoms with Crippen molar-refractivity contribution in [3.05, 3.63) is 54.5 Å². The van der Waals surface area contributed by atoms with Gasteiger partial charge in [-0.05, 0) is 29.8 Å². The Morgan fingerprint density at radius 1 is 1.10 bits per heavy atom. The van der Waals surface area contributed by atoms with Crippen molar-refractivity contribution in [3.63, 3.8) is 0 Å². The van der Waals surface area contributed by atoms with Crippen LogP contribution in [0.5, 0.6) is 5.88 Å². The molecule has 2 N–H and O–H groups in total. The second-order valence-corrected chi connectivity index (χ2v) is 4.20. The predicted molar refractivity (Wildman–Crippen MR) is 87.5 cm³/mol. The number of ether oxygens (including phenoxy) is 1. The van der Waals surface area contributed by atoms with E-state index in [9.17, 15) is 0 Å². The van der Waals surface area contributed by atoms with Gasteiger partial charge in [0.05, 0.1) is 12.1 Å². The first-order valence-electron chi connectivity index (χ1n) is 6.09. The highest BCUT2D eigenvalue weighted by molar-refractivity contribution is 5.85. The number of pyridine rings is 2. The Kier molecular flexibility index (Phi) is 6.27. The third-order valence-corrected chi connectivity index (χ3v) is 2.92. The van der Waals surface area contributed by atoms with E-state index in [2.05, 4.69) is 10.1 Å². The Morgan fingerprint density at radius 2 is 1.86 bits per heavy atom. The van der Waals surface area contributed by atoms with Crippen LogP contribution in [0.4, 0.5) is 5.69 Å². The summed E-state index contributed by atoms with van der Waals surface area (Å²) < 4.78 is 7.37. The van der Waals surface area contributed by atoms with Crippen LogP contribution < -0.4 is 10.5 Å². The van der Waals surface area contributed by atoms with Crippen LogP contribution in [0.1, 0.15) is 5.56 Å². The van der Waals surface area contributed by atoms with Crippen molar-refractivity contribution < 1.29 is 4.74 Å². The van der Waals surface area contributed by atoms with Gasteiger partial charge in [-0.1, -0.05) is 6.07 Å². The number of nitrogen functional groups attached to an aromatic ring is 1. The van der Waals surface area contributed by atoms with Gasteiger partial charge < -0.3 is 10.5 Å². The van der Waals surface area contributed by atoms with Crippen molar-refractivity contribution >= 4 is 36.0 Å². The van der Waals surface area contributed by atoms with E-state index < -0.39 is 0 Å². The van der Waals surface area contributed by atoms with Crippen LogP contribution in [0.2, 0.25) is 0 Å². The van der Waals surface area contributed by atoms with Gasteiger partial charge in [0.25, 0.3) is 5.88 Å². The molecule has 3 aromatic rings. The zero-order valence-corrected chi connectivity index (χ0v) is 12.8. The molecule has 0 aliphatic carbocycles. The Bertz CT molecular complexity index is 688. The molecule has 0 bridgehead atoms. The van der Waals surface area contributed by atoms with Gasteiger partial charge in [0, 0.05) is 25.0 Å². The van der Waals surface area contributed by atoms with E-state index in [0.29, 0.717) is 18.2 Å². The second kappa shape index (κ2) is 7.71. The average Bonchev–Trinajstić information content (AvgIpc) is 2.78. The van der Waals surface area contributed by atoms with Gasteiger partial charge in [-0.3, -0.25) is 4.98 Å². The maximum absolute atomic E-state index is 6.00. The van der Waals surface area contributed by atoms with E-state index in [1.165, 1.54) is 5.56 Å². The fraction of sp³-hybridized carbons (Fsp3) is 0.143. The molecule has 3 heterocycles. The normalized spacial score (nSPS) is 9.71. The molecule has 21 heavy (non-hydrogen) atoms. The number of anilines is 1. The fourth-order valence-corrected chi connectivity index (χ4v) is 1.92. The second-order valence-electron chi connectivity index (χ2n) is 4.20. The van der Waals surface area contributed by atoms with Gasteiger partial charge in [0.1, 0.15) is 5.69 Å². The summed E-state index contributed by atoms with van der Waals surface area (Å²) in [6.07, 6.45) is 6.19. The van der Waals surface area contributed by atoms with Crippen LogP contribution >= 0.6 is 24.8 Å². The van der Waals surface area contributed by atoms with Crippen LogP contribution in [-0.4, -0.2) is 21.2 Å². The molecule has 5 nitrogen and oxygen atoms in total. The third-order valence-electron chi connectivity index (χ3n) is 2.92. The Labute approximate surface area is 135 Å². The van der Waals surface area contributed by atoms with Crippen LogP contribution in [0.15, 0.2) is 48.9 Å². The number of nitrogens with two attached hydrogens (primary N) is 1. The molecule has 0 fully saturated rings. The molecule has 0 radical (unpaired) electrons. The average molecular weight is 327 g/mol. The van der Waals surface area contributed by atoms with Crippen LogP contribution in [0.25, 0.3) is 5.52 Å². The van der Waals surface area contributed by atoms with Gasteiger partial charge in [-0.2, -0.15) is 0 Å². The van der Waals surface area contributed by atoms with Gasteiger partial charge in [-0.15, -0.1) is 29.9 Å². The van der Waals surface area contributed by atoms with Crippen molar-refractivity contribution in [1.29, 1.82) is 0 Å². The number of hydrogen-bond acceptors (Lipinski definition) is 4.